The smallest absolute Gasteiger partial charge is 0.169 e. The minimum atomic E-state index is 0.0209. The van der Waals surface area contributed by atoms with E-state index < -0.39 is 0 Å². The molecule has 0 aliphatic carbocycles. The van der Waals surface area contributed by atoms with Crippen molar-refractivity contribution in [1.29, 1.82) is 0 Å². The molecule has 0 saturated heterocycles. The van der Waals surface area contributed by atoms with Gasteiger partial charge in [-0.25, -0.2) is 4.98 Å². The first kappa shape index (κ1) is 14.0. The summed E-state index contributed by atoms with van der Waals surface area (Å²) in [6, 6.07) is 13.4. The molecular weight excluding hydrogens is 306 g/mol. The third kappa shape index (κ3) is 3.06. The third-order valence-electron chi connectivity index (χ3n) is 2.87. The van der Waals surface area contributed by atoms with Crippen molar-refractivity contribution in [2.45, 2.75) is 17.2 Å². The Labute approximate surface area is 131 Å². The second-order valence-electron chi connectivity index (χ2n) is 4.33. The first-order chi connectivity index (χ1) is 10.3. The molecule has 2 aromatic heterocycles. The fourth-order valence-corrected chi connectivity index (χ4v) is 3.02. The van der Waals surface area contributed by atoms with Crippen molar-refractivity contribution in [3.63, 3.8) is 0 Å². The number of hydrogen-bond acceptors (Lipinski definition) is 5. The second kappa shape index (κ2) is 6.24. The lowest BCUT2D eigenvalue weighted by Crippen LogP contribution is -2.05. The van der Waals surface area contributed by atoms with Crippen LogP contribution in [0.15, 0.2) is 53.7 Å². The number of nitrogens with zero attached hydrogens (tertiary/aromatic N) is 5. The van der Waals surface area contributed by atoms with Gasteiger partial charge in [0.2, 0.25) is 0 Å². The van der Waals surface area contributed by atoms with Gasteiger partial charge in [-0.3, -0.25) is 0 Å². The van der Waals surface area contributed by atoms with Crippen molar-refractivity contribution in [3.05, 3.63) is 59.5 Å². The molecule has 0 spiro atoms. The first-order valence-corrected chi connectivity index (χ1v) is 7.62. The number of pyridine rings is 1. The SMILES string of the molecule is CC(Sc1ncccc1Cl)c1nnnn1-c1ccccc1. The summed E-state index contributed by atoms with van der Waals surface area (Å²) in [5, 5.41) is 13.4. The van der Waals surface area contributed by atoms with Crippen LogP contribution in [-0.2, 0) is 0 Å². The van der Waals surface area contributed by atoms with Crippen LogP contribution in [0, 0.1) is 0 Å². The summed E-state index contributed by atoms with van der Waals surface area (Å²) in [5.74, 6) is 0.757. The van der Waals surface area contributed by atoms with E-state index in [4.69, 9.17) is 11.6 Å². The van der Waals surface area contributed by atoms with Gasteiger partial charge in [0.1, 0.15) is 5.03 Å². The number of benzene rings is 1. The van der Waals surface area contributed by atoms with Gasteiger partial charge < -0.3 is 0 Å². The maximum atomic E-state index is 6.14. The molecule has 0 amide bonds. The highest BCUT2D eigenvalue weighted by molar-refractivity contribution is 7.99. The Morgan fingerprint density at radius 2 is 1.95 bits per heavy atom. The molecule has 3 aromatic rings. The van der Waals surface area contributed by atoms with Gasteiger partial charge in [0.25, 0.3) is 0 Å². The third-order valence-corrected chi connectivity index (χ3v) is 4.40. The van der Waals surface area contributed by atoms with E-state index in [0.717, 1.165) is 16.5 Å². The van der Waals surface area contributed by atoms with Crippen LogP contribution in [0.4, 0.5) is 0 Å². The average Bonchev–Trinajstić information content (AvgIpc) is 3.00. The van der Waals surface area contributed by atoms with Gasteiger partial charge in [-0.15, -0.1) is 5.10 Å². The van der Waals surface area contributed by atoms with Crippen molar-refractivity contribution < 1.29 is 0 Å². The van der Waals surface area contributed by atoms with Crippen LogP contribution >= 0.6 is 23.4 Å². The van der Waals surface area contributed by atoms with E-state index in [2.05, 4.69) is 20.5 Å². The van der Waals surface area contributed by atoms with Gasteiger partial charge >= 0.3 is 0 Å². The Kier molecular flexibility index (Phi) is 4.17. The van der Waals surface area contributed by atoms with E-state index in [-0.39, 0.29) is 5.25 Å². The molecule has 1 atom stereocenters. The lowest BCUT2D eigenvalue weighted by Gasteiger charge is -2.11. The normalized spacial score (nSPS) is 12.3. The molecule has 0 N–H and O–H groups in total. The van der Waals surface area contributed by atoms with Crippen molar-refractivity contribution in [2.75, 3.05) is 0 Å². The van der Waals surface area contributed by atoms with Crippen molar-refractivity contribution in [3.8, 4) is 5.69 Å². The molecule has 0 radical (unpaired) electrons. The van der Waals surface area contributed by atoms with Crippen LogP contribution in [0.3, 0.4) is 0 Å². The molecule has 1 unspecified atom stereocenters. The van der Waals surface area contributed by atoms with Crippen LogP contribution in [-0.4, -0.2) is 25.2 Å². The van der Waals surface area contributed by atoms with Crippen LogP contribution in [0.2, 0.25) is 5.02 Å². The van der Waals surface area contributed by atoms with E-state index in [0.29, 0.717) is 5.02 Å². The van der Waals surface area contributed by atoms with Crippen molar-refractivity contribution in [1.82, 2.24) is 25.2 Å². The second-order valence-corrected chi connectivity index (χ2v) is 6.07. The quantitative estimate of drug-likeness (QED) is 0.689. The largest absolute Gasteiger partial charge is 0.248 e. The van der Waals surface area contributed by atoms with Gasteiger partial charge in [-0.1, -0.05) is 41.6 Å². The maximum absolute atomic E-state index is 6.14. The summed E-state index contributed by atoms with van der Waals surface area (Å²) in [4.78, 5) is 4.28. The predicted octanol–water partition coefficient (Wildman–Crippen LogP) is 3.56. The molecule has 0 aliphatic rings. The van der Waals surface area contributed by atoms with E-state index >= 15 is 0 Å². The molecular formula is C14H12ClN5S. The number of rotatable bonds is 4. The number of thioether (sulfide) groups is 1. The molecule has 2 heterocycles. The highest BCUT2D eigenvalue weighted by Crippen LogP contribution is 2.36. The van der Waals surface area contributed by atoms with E-state index in [9.17, 15) is 0 Å². The Hall–Kier alpha value is -1.92. The lowest BCUT2D eigenvalue weighted by atomic mass is 10.3. The number of halogens is 1. The molecule has 3 rings (SSSR count). The van der Waals surface area contributed by atoms with Gasteiger partial charge in [0, 0.05) is 6.20 Å². The summed E-state index contributed by atoms with van der Waals surface area (Å²) in [5.41, 5.74) is 0.928. The maximum Gasteiger partial charge on any atom is 0.169 e. The summed E-state index contributed by atoms with van der Waals surface area (Å²) >= 11 is 7.68. The molecule has 0 fully saturated rings. The Bertz CT molecular complexity index is 731. The van der Waals surface area contributed by atoms with Gasteiger partial charge in [-0.2, -0.15) is 4.68 Å². The lowest BCUT2D eigenvalue weighted by molar-refractivity contribution is 0.762. The van der Waals surface area contributed by atoms with E-state index in [1.54, 1.807) is 10.9 Å². The first-order valence-electron chi connectivity index (χ1n) is 6.36. The number of para-hydroxylation sites is 1. The molecule has 7 heteroatoms. The van der Waals surface area contributed by atoms with E-state index in [1.807, 2.05) is 49.4 Å². The summed E-state index contributed by atoms with van der Waals surface area (Å²) in [6.07, 6.45) is 1.72. The Balaban J connectivity index is 1.88. The van der Waals surface area contributed by atoms with Crippen molar-refractivity contribution >= 4 is 23.4 Å². The highest BCUT2D eigenvalue weighted by Gasteiger charge is 2.18. The molecule has 21 heavy (non-hydrogen) atoms. The molecule has 106 valence electrons. The molecule has 0 bridgehead atoms. The number of hydrogen-bond donors (Lipinski definition) is 0. The summed E-state index contributed by atoms with van der Waals surface area (Å²) < 4.78 is 1.73. The number of aromatic nitrogens is 5. The standard InChI is InChI=1S/C14H12ClN5S/c1-10(21-14-12(15)8-5-9-16-14)13-17-18-19-20(13)11-6-3-2-4-7-11/h2-10H,1H3. The molecule has 5 nitrogen and oxygen atoms in total. The average molecular weight is 318 g/mol. The van der Waals surface area contributed by atoms with Crippen LogP contribution in [0.25, 0.3) is 5.69 Å². The predicted molar refractivity (Wildman–Crippen MR) is 82.7 cm³/mol. The van der Waals surface area contributed by atoms with Crippen LogP contribution < -0.4 is 0 Å². The monoisotopic (exact) mass is 317 g/mol. The van der Waals surface area contributed by atoms with Crippen LogP contribution in [0.5, 0.6) is 0 Å². The Morgan fingerprint density at radius 3 is 2.71 bits per heavy atom. The van der Waals surface area contributed by atoms with Gasteiger partial charge in [0.05, 0.1) is 16.0 Å². The minimum Gasteiger partial charge on any atom is -0.248 e. The zero-order valence-corrected chi connectivity index (χ0v) is 12.8. The summed E-state index contributed by atoms with van der Waals surface area (Å²) in [7, 11) is 0. The molecule has 0 saturated carbocycles. The highest BCUT2D eigenvalue weighted by atomic mass is 35.5. The number of tetrazole rings is 1. The van der Waals surface area contributed by atoms with Gasteiger partial charge in [-0.05, 0) is 41.6 Å². The molecule has 1 aromatic carbocycles. The zero-order valence-electron chi connectivity index (χ0n) is 11.2. The minimum absolute atomic E-state index is 0.0209. The van der Waals surface area contributed by atoms with Crippen molar-refractivity contribution in [2.24, 2.45) is 0 Å². The van der Waals surface area contributed by atoms with E-state index in [1.165, 1.54) is 11.8 Å². The molecule has 0 aliphatic heterocycles. The zero-order chi connectivity index (χ0) is 14.7. The Morgan fingerprint density at radius 1 is 1.14 bits per heavy atom. The fourth-order valence-electron chi connectivity index (χ4n) is 1.88. The summed E-state index contributed by atoms with van der Waals surface area (Å²) in [6.45, 7) is 2.03. The fraction of sp³-hybridized carbons (Fsp3) is 0.143. The topological polar surface area (TPSA) is 56.5 Å². The van der Waals surface area contributed by atoms with Crippen LogP contribution in [0.1, 0.15) is 18.0 Å². The van der Waals surface area contributed by atoms with Gasteiger partial charge in [0.15, 0.2) is 5.82 Å².